The van der Waals surface area contributed by atoms with Gasteiger partial charge in [-0.05, 0) is 26.0 Å². The van der Waals surface area contributed by atoms with Gasteiger partial charge in [-0.3, -0.25) is 0 Å². The molecule has 0 bridgehead atoms. The Morgan fingerprint density at radius 2 is 2.00 bits per heavy atom. The number of benzene rings is 1. The zero-order valence-electron chi connectivity index (χ0n) is 12.0. The molecule has 1 aromatic carbocycles. The van der Waals surface area contributed by atoms with Crippen molar-refractivity contribution in [1.82, 2.24) is 5.32 Å². The Balaban J connectivity index is 2.61. The Morgan fingerprint density at radius 3 is 2.55 bits per heavy atom. The molecule has 0 aliphatic rings. The summed E-state index contributed by atoms with van der Waals surface area (Å²) in [5, 5.41) is 8.19. The molecule has 0 fully saturated rings. The first-order valence-corrected chi connectivity index (χ1v) is 8.04. The fourth-order valence-electron chi connectivity index (χ4n) is 1.88. The van der Waals surface area contributed by atoms with Gasteiger partial charge in [0.2, 0.25) is 10.0 Å². The summed E-state index contributed by atoms with van der Waals surface area (Å²) < 4.78 is 32.1. The van der Waals surface area contributed by atoms with Gasteiger partial charge >= 0.3 is 0 Å². The molecule has 1 atom stereocenters. The highest BCUT2D eigenvalue weighted by molar-refractivity contribution is 7.89. The predicted octanol–water partition coefficient (Wildman–Crippen LogP) is 1.03. The largest absolute Gasteiger partial charge is 0.497 e. The normalized spacial score (nSPS) is 13.0. The number of ether oxygens (including phenoxy) is 2. The summed E-state index contributed by atoms with van der Waals surface area (Å²) >= 11 is 0. The lowest BCUT2D eigenvalue weighted by atomic mass is 10.1. The molecule has 0 saturated carbocycles. The highest BCUT2D eigenvalue weighted by Crippen LogP contribution is 2.29. The van der Waals surface area contributed by atoms with Crippen molar-refractivity contribution in [2.75, 3.05) is 26.5 Å². The van der Waals surface area contributed by atoms with E-state index in [0.717, 1.165) is 17.1 Å². The third-order valence-electron chi connectivity index (χ3n) is 2.96. The van der Waals surface area contributed by atoms with E-state index in [4.69, 9.17) is 14.6 Å². The van der Waals surface area contributed by atoms with Crippen LogP contribution in [0.1, 0.15) is 24.9 Å². The molecule has 0 amide bonds. The molecule has 0 aliphatic heterocycles. The second-order valence-corrected chi connectivity index (χ2v) is 6.24. The molecule has 0 radical (unpaired) electrons. The van der Waals surface area contributed by atoms with Gasteiger partial charge < -0.3 is 14.8 Å². The monoisotopic (exact) mass is 302 g/mol. The molecule has 1 unspecified atom stereocenters. The highest BCUT2D eigenvalue weighted by atomic mass is 32.2. The summed E-state index contributed by atoms with van der Waals surface area (Å²) in [4.78, 5) is 0. The van der Waals surface area contributed by atoms with E-state index in [1.165, 1.54) is 0 Å². The first-order valence-electron chi connectivity index (χ1n) is 6.33. The van der Waals surface area contributed by atoms with Gasteiger partial charge in [0.25, 0.3) is 0 Å². The number of rotatable bonds is 8. The number of hydrogen-bond donors (Lipinski definition) is 2. The lowest BCUT2D eigenvalue weighted by Crippen LogP contribution is -2.24. The second kappa shape index (κ2) is 7.47. The van der Waals surface area contributed by atoms with Gasteiger partial charge in [0.05, 0.1) is 20.0 Å². The van der Waals surface area contributed by atoms with E-state index < -0.39 is 10.0 Å². The van der Waals surface area contributed by atoms with Gasteiger partial charge in [0.1, 0.15) is 11.5 Å². The SMILES string of the molecule is COc1ccc(C(C)NCCCS(N)(=O)=O)c(OC)c1. The molecule has 114 valence electrons. The third-order valence-corrected chi connectivity index (χ3v) is 3.82. The minimum Gasteiger partial charge on any atom is -0.497 e. The molecule has 0 spiro atoms. The lowest BCUT2D eigenvalue weighted by Gasteiger charge is -2.18. The van der Waals surface area contributed by atoms with Crippen molar-refractivity contribution in [3.63, 3.8) is 0 Å². The van der Waals surface area contributed by atoms with Crippen LogP contribution in [-0.4, -0.2) is 34.9 Å². The van der Waals surface area contributed by atoms with E-state index in [0.29, 0.717) is 13.0 Å². The topological polar surface area (TPSA) is 90.6 Å². The van der Waals surface area contributed by atoms with Crippen LogP contribution in [0.4, 0.5) is 0 Å². The standard InChI is InChI=1S/C13H22N2O4S/c1-10(15-7-4-8-20(14,16)17)12-6-5-11(18-2)9-13(12)19-3/h5-6,9-10,15H,4,7-8H2,1-3H3,(H2,14,16,17). The van der Waals surface area contributed by atoms with E-state index in [-0.39, 0.29) is 11.8 Å². The minimum atomic E-state index is -3.39. The molecule has 1 rings (SSSR count). The molecule has 20 heavy (non-hydrogen) atoms. The molecular formula is C13H22N2O4S. The van der Waals surface area contributed by atoms with Gasteiger partial charge in [-0.15, -0.1) is 0 Å². The summed E-state index contributed by atoms with van der Waals surface area (Å²) in [6, 6.07) is 5.64. The van der Waals surface area contributed by atoms with Crippen molar-refractivity contribution in [2.45, 2.75) is 19.4 Å². The minimum absolute atomic E-state index is 0.0214. The number of methoxy groups -OCH3 is 2. The molecule has 7 heteroatoms. The first-order chi connectivity index (χ1) is 9.37. The fraction of sp³-hybridized carbons (Fsp3) is 0.538. The molecule has 1 aromatic rings. The van der Waals surface area contributed by atoms with E-state index in [1.54, 1.807) is 14.2 Å². The molecule has 0 saturated heterocycles. The fourth-order valence-corrected chi connectivity index (χ4v) is 2.42. The Labute approximate surface area is 120 Å². The zero-order valence-corrected chi connectivity index (χ0v) is 12.9. The number of primary sulfonamides is 1. The van der Waals surface area contributed by atoms with Crippen LogP contribution in [0.25, 0.3) is 0 Å². The van der Waals surface area contributed by atoms with Crippen molar-refractivity contribution in [2.24, 2.45) is 5.14 Å². The van der Waals surface area contributed by atoms with Gasteiger partial charge in [-0.25, -0.2) is 13.6 Å². The van der Waals surface area contributed by atoms with E-state index in [1.807, 2.05) is 25.1 Å². The zero-order chi connectivity index (χ0) is 15.2. The number of nitrogens with two attached hydrogens (primary N) is 1. The number of nitrogens with one attached hydrogen (secondary N) is 1. The summed E-state index contributed by atoms with van der Waals surface area (Å²) in [5.41, 5.74) is 0.990. The number of hydrogen-bond acceptors (Lipinski definition) is 5. The van der Waals surface area contributed by atoms with Crippen molar-refractivity contribution in [3.8, 4) is 11.5 Å². The maximum Gasteiger partial charge on any atom is 0.209 e. The average Bonchev–Trinajstić information content (AvgIpc) is 2.41. The average molecular weight is 302 g/mol. The van der Waals surface area contributed by atoms with Crippen molar-refractivity contribution in [1.29, 1.82) is 0 Å². The van der Waals surface area contributed by atoms with Gasteiger partial charge in [-0.1, -0.05) is 6.07 Å². The van der Waals surface area contributed by atoms with Crippen molar-refractivity contribution in [3.05, 3.63) is 23.8 Å². The highest BCUT2D eigenvalue weighted by Gasteiger charge is 2.12. The van der Waals surface area contributed by atoms with Crippen LogP contribution in [0.2, 0.25) is 0 Å². The molecular weight excluding hydrogens is 280 g/mol. The maximum absolute atomic E-state index is 10.8. The summed E-state index contributed by atoms with van der Waals surface area (Å²) in [6.07, 6.45) is 0.474. The van der Waals surface area contributed by atoms with Gasteiger partial charge in [-0.2, -0.15) is 0 Å². The van der Waals surface area contributed by atoms with Crippen molar-refractivity contribution < 1.29 is 17.9 Å². The molecule has 0 aliphatic carbocycles. The van der Waals surface area contributed by atoms with Crippen LogP contribution in [0, 0.1) is 0 Å². The molecule has 0 aromatic heterocycles. The number of sulfonamides is 1. The molecule has 3 N–H and O–H groups in total. The Bertz CT molecular complexity index is 531. The summed E-state index contributed by atoms with van der Waals surface area (Å²) in [5.74, 6) is 1.44. The predicted molar refractivity (Wildman–Crippen MR) is 78.6 cm³/mol. The molecule has 6 nitrogen and oxygen atoms in total. The first kappa shape index (κ1) is 16.7. The van der Waals surface area contributed by atoms with Crippen molar-refractivity contribution >= 4 is 10.0 Å². The second-order valence-electron chi connectivity index (χ2n) is 4.50. The van der Waals surface area contributed by atoms with Crippen LogP contribution in [0.15, 0.2) is 18.2 Å². The van der Waals surface area contributed by atoms with Crippen LogP contribution in [0.3, 0.4) is 0 Å². The smallest absolute Gasteiger partial charge is 0.209 e. The molecule has 0 heterocycles. The Hall–Kier alpha value is -1.31. The van der Waals surface area contributed by atoms with Crippen LogP contribution in [0.5, 0.6) is 11.5 Å². The summed E-state index contributed by atoms with van der Waals surface area (Å²) in [7, 11) is -0.186. The van der Waals surface area contributed by atoms with Crippen LogP contribution >= 0.6 is 0 Å². The van der Waals surface area contributed by atoms with Gasteiger partial charge in [0.15, 0.2) is 0 Å². The quantitative estimate of drug-likeness (QED) is 0.700. The van der Waals surface area contributed by atoms with E-state index >= 15 is 0 Å². The summed E-state index contributed by atoms with van der Waals surface area (Å²) in [6.45, 7) is 2.55. The Kier molecular flexibility index (Phi) is 6.25. The van der Waals surface area contributed by atoms with E-state index in [2.05, 4.69) is 5.32 Å². The third kappa shape index (κ3) is 5.36. The van der Waals surface area contributed by atoms with Crippen LogP contribution < -0.4 is 19.9 Å². The lowest BCUT2D eigenvalue weighted by molar-refractivity contribution is 0.386. The van der Waals surface area contributed by atoms with Crippen LogP contribution in [-0.2, 0) is 10.0 Å². The Morgan fingerprint density at radius 1 is 1.30 bits per heavy atom. The van der Waals surface area contributed by atoms with E-state index in [9.17, 15) is 8.42 Å². The van der Waals surface area contributed by atoms with Gasteiger partial charge in [0, 0.05) is 17.7 Å². The maximum atomic E-state index is 10.8.